The average Bonchev–Trinajstić information content (AvgIpc) is 2.97. The highest BCUT2D eigenvalue weighted by Crippen LogP contribution is 2.35. The number of esters is 1. The Bertz CT molecular complexity index is 817. The van der Waals surface area contributed by atoms with Crippen molar-refractivity contribution in [2.45, 2.75) is 39.5 Å². The number of Topliss-reactive ketones (excluding diaryl/α,β-unsaturated/α-hetero) is 1. The summed E-state index contributed by atoms with van der Waals surface area (Å²) in [4.78, 5) is 28.2. The summed E-state index contributed by atoms with van der Waals surface area (Å²) in [5.74, 6) is 0.842. The summed E-state index contributed by atoms with van der Waals surface area (Å²) in [5.41, 5.74) is 3.69. The number of nitrogens with one attached hydrogen (secondary N) is 1. The van der Waals surface area contributed by atoms with E-state index >= 15 is 0 Å². The number of fused-ring (bicyclic) bond motifs is 1. The summed E-state index contributed by atoms with van der Waals surface area (Å²) in [6.45, 7) is 6.16. The molecule has 1 N–H and O–H groups in total. The number of hydrogen-bond acceptors (Lipinski definition) is 4. The number of ketones is 1. The first-order valence-electron chi connectivity index (χ1n) is 8.96. The highest BCUT2D eigenvalue weighted by Gasteiger charge is 2.32. The third-order valence-electron chi connectivity index (χ3n) is 4.83. The van der Waals surface area contributed by atoms with Gasteiger partial charge < -0.3 is 14.5 Å². The molecule has 0 amide bonds. The summed E-state index contributed by atoms with van der Waals surface area (Å²) >= 11 is 0. The van der Waals surface area contributed by atoms with E-state index in [1.807, 2.05) is 45.0 Å². The highest BCUT2D eigenvalue weighted by molar-refractivity contribution is 6.03. The molecule has 1 aliphatic rings. The lowest BCUT2D eigenvalue weighted by atomic mass is 9.81. The molecule has 1 aromatic carbocycles. The zero-order chi connectivity index (χ0) is 18.8. The first-order chi connectivity index (χ1) is 12.4. The summed E-state index contributed by atoms with van der Waals surface area (Å²) < 4.78 is 10.5. The van der Waals surface area contributed by atoms with Crippen LogP contribution in [0.25, 0.3) is 0 Å². The Kier molecular flexibility index (Phi) is 5.16. The van der Waals surface area contributed by atoms with Gasteiger partial charge in [-0.05, 0) is 48.4 Å². The molecule has 1 aromatic heterocycles. The minimum absolute atomic E-state index is 0.0729. The van der Waals surface area contributed by atoms with Crippen LogP contribution in [-0.2, 0) is 11.2 Å². The van der Waals surface area contributed by atoms with Gasteiger partial charge >= 0.3 is 5.97 Å². The van der Waals surface area contributed by atoms with E-state index in [1.54, 1.807) is 7.11 Å². The number of hydrogen-bond donors (Lipinski definition) is 1. The molecule has 0 fully saturated rings. The van der Waals surface area contributed by atoms with Gasteiger partial charge in [0.1, 0.15) is 11.4 Å². The second-order valence-electron chi connectivity index (χ2n) is 7.27. The van der Waals surface area contributed by atoms with E-state index in [2.05, 4.69) is 4.98 Å². The van der Waals surface area contributed by atoms with Gasteiger partial charge in [0.15, 0.2) is 5.78 Å². The molecule has 3 rings (SSSR count). The van der Waals surface area contributed by atoms with Crippen molar-refractivity contribution >= 4 is 11.8 Å². The third-order valence-corrected chi connectivity index (χ3v) is 4.83. The number of benzene rings is 1. The van der Waals surface area contributed by atoms with Crippen LogP contribution in [0.2, 0.25) is 0 Å². The smallest absolute Gasteiger partial charge is 0.355 e. The lowest BCUT2D eigenvalue weighted by Crippen LogP contribution is -2.18. The molecule has 0 radical (unpaired) electrons. The zero-order valence-electron chi connectivity index (χ0n) is 15.7. The van der Waals surface area contributed by atoms with Crippen LogP contribution in [0.4, 0.5) is 0 Å². The summed E-state index contributed by atoms with van der Waals surface area (Å²) in [7, 11) is 1.63. The third kappa shape index (κ3) is 3.52. The fraction of sp³-hybridized carbons (Fsp3) is 0.429. The first-order valence-corrected chi connectivity index (χ1v) is 8.96. The summed E-state index contributed by atoms with van der Waals surface area (Å²) in [6.07, 6.45) is 1.14. The Morgan fingerprint density at radius 1 is 1.23 bits per heavy atom. The molecule has 0 unspecified atom stereocenters. The van der Waals surface area contributed by atoms with E-state index < -0.39 is 0 Å². The molecule has 0 aliphatic heterocycles. The number of aromatic amines is 1. The second-order valence-corrected chi connectivity index (χ2v) is 7.27. The van der Waals surface area contributed by atoms with E-state index in [-0.39, 0.29) is 23.6 Å². The SMILES string of the molecule is COc1ccc([C@H]2CC(=O)c3c([nH]c(C(=O)OCC(C)C)c3C)C2)cc1. The van der Waals surface area contributed by atoms with Gasteiger partial charge in [0.2, 0.25) is 0 Å². The summed E-state index contributed by atoms with van der Waals surface area (Å²) in [5, 5.41) is 0. The zero-order valence-corrected chi connectivity index (χ0v) is 15.7. The Morgan fingerprint density at radius 3 is 2.54 bits per heavy atom. The Hall–Kier alpha value is -2.56. The number of H-pyrrole nitrogens is 1. The molecule has 2 aromatic rings. The second kappa shape index (κ2) is 7.36. The van der Waals surface area contributed by atoms with Crippen LogP contribution in [0.1, 0.15) is 63.9 Å². The van der Waals surface area contributed by atoms with Crippen LogP contribution in [-0.4, -0.2) is 30.5 Å². The van der Waals surface area contributed by atoms with E-state index in [9.17, 15) is 9.59 Å². The molecule has 0 spiro atoms. The minimum atomic E-state index is -0.389. The van der Waals surface area contributed by atoms with Gasteiger partial charge in [-0.15, -0.1) is 0 Å². The van der Waals surface area contributed by atoms with E-state index in [4.69, 9.17) is 9.47 Å². The normalized spacial score (nSPS) is 16.5. The van der Waals surface area contributed by atoms with Crippen molar-refractivity contribution in [1.29, 1.82) is 0 Å². The first kappa shape index (κ1) is 18.2. The van der Waals surface area contributed by atoms with Crippen molar-refractivity contribution in [1.82, 2.24) is 4.98 Å². The number of carbonyl (C=O) groups is 2. The topological polar surface area (TPSA) is 68.4 Å². The molecule has 5 nitrogen and oxygen atoms in total. The molecule has 0 bridgehead atoms. The number of carbonyl (C=O) groups excluding carboxylic acids is 2. The molecule has 26 heavy (non-hydrogen) atoms. The van der Waals surface area contributed by atoms with Crippen LogP contribution in [0.3, 0.4) is 0 Å². The molecule has 1 heterocycles. The van der Waals surface area contributed by atoms with Crippen LogP contribution in [0.15, 0.2) is 24.3 Å². The molecule has 1 aliphatic carbocycles. The molecule has 138 valence electrons. The fourth-order valence-corrected chi connectivity index (χ4v) is 3.46. The fourth-order valence-electron chi connectivity index (χ4n) is 3.46. The number of methoxy groups -OCH3 is 1. The van der Waals surface area contributed by atoms with Crippen molar-refractivity contribution in [2.24, 2.45) is 5.92 Å². The molecule has 1 atom stereocenters. The van der Waals surface area contributed by atoms with Gasteiger partial charge in [0.25, 0.3) is 0 Å². The number of rotatable bonds is 5. The van der Waals surface area contributed by atoms with Gasteiger partial charge in [-0.25, -0.2) is 4.79 Å². The molecule has 0 saturated carbocycles. The van der Waals surface area contributed by atoms with Gasteiger partial charge in [0.05, 0.1) is 13.7 Å². The molecule has 5 heteroatoms. The van der Waals surface area contributed by atoms with Gasteiger partial charge in [-0.2, -0.15) is 0 Å². The van der Waals surface area contributed by atoms with Gasteiger partial charge in [0, 0.05) is 17.7 Å². The van der Waals surface area contributed by atoms with E-state index in [1.165, 1.54) is 0 Å². The Morgan fingerprint density at radius 2 is 1.92 bits per heavy atom. The van der Waals surface area contributed by atoms with Crippen molar-refractivity contribution in [3.63, 3.8) is 0 Å². The van der Waals surface area contributed by atoms with Crippen molar-refractivity contribution < 1.29 is 19.1 Å². The molecular weight excluding hydrogens is 330 g/mol. The van der Waals surface area contributed by atoms with Crippen LogP contribution in [0, 0.1) is 12.8 Å². The van der Waals surface area contributed by atoms with E-state index in [0.717, 1.165) is 17.0 Å². The summed E-state index contributed by atoms with van der Waals surface area (Å²) in [6, 6.07) is 7.80. The average molecular weight is 355 g/mol. The Balaban J connectivity index is 1.84. The number of ether oxygens (including phenoxy) is 2. The van der Waals surface area contributed by atoms with Crippen molar-refractivity contribution in [3.8, 4) is 5.75 Å². The highest BCUT2D eigenvalue weighted by atomic mass is 16.5. The van der Waals surface area contributed by atoms with Gasteiger partial charge in [-0.3, -0.25) is 4.79 Å². The van der Waals surface area contributed by atoms with Crippen molar-refractivity contribution in [3.05, 3.63) is 52.3 Å². The monoisotopic (exact) mass is 355 g/mol. The Labute approximate surface area is 153 Å². The largest absolute Gasteiger partial charge is 0.497 e. The van der Waals surface area contributed by atoms with Gasteiger partial charge in [-0.1, -0.05) is 26.0 Å². The maximum Gasteiger partial charge on any atom is 0.355 e. The van der Waals surface area contributed by atoms with Crippen LogP contribution >= 0.6 is 0 Å². The maximum absolute atomic E-state index is 12.7. The minimum Gasteiger partial charge on any atom is -0.497 e. The maximum atomic E-state index is 12.7. The lowest BCUT2D eigenvalue weighted by Gasteiger charge is -2.22. The van der Waals surface area contributed by atoms with E-state index in [0.29, 0.717) is 36.3 Å². The molecular formula is C21H25NO4. The van der Waals surface area contributed by atoms with Crippen molar-refractivity contribution in [2.75, 3.05) is 13.7 Å². The van der Waals surface area contributed by atoms with Crippen LogP contribution < -0.4 is 4.74 Å². The quantitative estimate of drug-likeness (QED) is 0.821. The predicted molar refractivity (Wildman–Crippen MR) is 99.0 cm³/mol. The molecule has 0 saturated heterocycles. The number of aromatic nitrogens is 1. The van der Waals surface area contributed by atoms with Crippen LogP contribution in [0.5, 0.6) is 5.75 Å². The lowest BCUT2D eigenvalue weighted by molar-refractivity contribution is 0.0451. The standard InChI is InChI=1S/C21H25NO4/c1-12(2)11-26-21(24)20-13(3)19-17(22-20)9-15(10-18(19)23)14-5-7-16(25-4)8-6-14/h5-8,12,15,22H,9-11H2,1-4H3/t15-/m1/s1. The predicted octanol–water partition coefficient (Wildman–Crippen LogP) is 4.06.